The van der Waals surface area contributed by atoms with E-state index in [-0.39, 0.29) is 43.1 Å². The first-order valence-electron chi connectivity index (χ1n) is 15.8. The van der Waals surface area contributed by atoms with Crippen molar-refractivity contribution in [2.24, 2.45) is 5.92 Å². The molecule has 0 radical (unpaired) electrons. The quantitative estimate of drug-likeness (QED) is 0.178. The number of halogens is 6. The fourth-order valence-electron chi connectivity index (χ4n) is 6.66. The molecular formula is C34H39F6N5O2. The average Bonchev–Trinajstić information content (AvgIpc) is 3.39. The van der Waals surface area contributed by atoms with Crippen molar-refractivity contribution in [3.8, 4) is 17.6 Å². The number of hydrogen-bond donors (Lipinski definition) is 3. The second-order valence-corrected chi connectivity index (χ2v) is 12.1. The highest BCUT2D eigenvalue weighted by atomic mass is 19.4. The number of aromatic nitrogens is 1. The highest BCUT2D eigenvalue weighted by molar-refractivity contribution is 5.95. The number of carbonyl (C=O) groups is 1. The number of benzene rings is 2. The van der Waals surface area contributed by atoms with E-state index in [2.05, 4.69) is 32.7 Å². The van der Waals surface area contributed by atoms with Crippen molar-refractivity contribution < 1.29 is 35.9 Å². The van der Waals surface area contributed by atoms with Crippen LogP contribution in [0.4, 0.5) is 37.7 Å². The summed E-state index contributed by atoms with van der Waals surface area (Å²) in [5.41, 5.74) is 2.36. The van der Waals surface area contributed by atoms with Crippen LogP contribution in [0.3, 0.4) is 0 Å². The van der Waals surface area contributed by atoms with Crippen LogP contribution in [0, 0.1) is 17.8 Å². The van der Waals surface area contributed by atoms with Crippen LogP contribution in [0.25, 0.3) is 10.9 Å². The summed E-state index contributed by atoms with van der Waals surface area (Å²) in [5.74, 6) is 4.75. The summed E-state index contributed by atoms with van der Waals surface area (Å²) in [7, 11) is 2.99. The number of nitrogens with one attached hydrogen (secondary N) is 3. The Morgan fingerprint density at radius 1 is 0.957 bits per heavy atom. The molecule has 0 bridgehead atoms. The monoisotopic (exact) mass is 663 g/mol. The lowest BCUT2D eigenvalue weighted by Gasteiger charge is -2.41. The second kappa shape index (κ2) is 14.4. The first kappa shape index (κ1) is 34.3. The molecule has 3 N–H and O–H groups in total. The fraction of sp³-hybridized carbons (Fsp3) is 0.500. The van der Waals surface area contributed by atoms with Gasteiger partial charge < -0.3 is 30.2 Å². The molecule has 2 fully saturated rings. The van der Waals surface area contributed by atoms with Gasteiger partial charge in [0, 0.05) is 35.8 Å². The molecule has 0 unspecified atom stereocenters. The standard InChI is InChI=1S/C34H39F6N5O2/c1-41-32(46)22-8-13-29(31(19-22)47-2)42-16-4-5-26-20-27-28(6-3-7-30(27)45(26)21-33(35,36)37)43-24-9-11-25(12-10-24)44-17-14-23(15-18-44)34(38,39)40/h3,6-8,13,19-20,23-25,42-43H,9-12,14-18,21H2,1-2H3,(H,41,46)/t24-,25-. The van der Waals surface area contributed by atoms with Crippen molar-refractivity contribution in [2.45, 2.75) is 69.5 Å². The maximum absolute atomic E-state index is 13.7. The zero-order valence-corrected chi connectivity index (χ0v) is 26.3. The summed E-state index contributed by atoms with van der Waals surface area (Å²) in [5, 5.41) is 9.81. The Hall–Kier alpha value is -4.05. The van der Waals surface area contributed by atoms with Gasteiger partial charge in [0.25, 0.3) is 5.91 Å². The minimum atomic E-state index is -4.46. The second-order valence-electron chi connectivity index (χ2n) is 12.1. The lowest BCUT2D eigenvalue weighted by molar-refractivity contribution is -0.186. The summed E-state index contributed by atoms with van der Waals surface area (Å²) >= 11 is 0. The number of ether oxygens (including phenoxy) is 1. The highest BCUT2D eigenvalue weighted by Gasteiger charge is 2.42. The van der Waals surface area contributed by atoms with Crippen LogP contribution >= 0.6 is 0 Å². The number of likely N-dealkylation sites (tertiary alicyclic amines) is 1. The molecule has 13 heteroatoms. The fourth-order valence-corrected chi connectivity index (χ4v) is 6.66. The van der Waals surface area contributed by atoms with Crippen molar-refractivity contribution in [2.75, 3.05) is 44.4 Å². The predicted molar refractivity (Wildman–Crippen MR) is 170 cm³/mol. The molecule has 3 aromatic rings. The van der Waals surface area contributed by atoms with Gasteiger partial charge in [-0.05, 0) is 93.9 Å². The van der Waals surface area contributed by atoms with Crippen LogP contribution in [-0.4, -0.2) is 73.6 Å². The zero-order chi connectivity index (χ0) is 33.8. The molecule has 1 amide bonds. The Bertz CT molecular complexity index is 1610. The van der Waals surface area contributed by atoms with Crippen LogP contribution in [0.2, 0.25) is 0 Å². The summed E-state index contributed by atoms with van der Waals surface area (Å²) in [6.07, 6.45) is -4.99. The van der Waals surface area contributed by atoms with Gasteiger partial charge in [-0.25, -0.2) is 0 Å². The maximum Gasteiger partial charge on any atom is 0.406 e. The summed E-state index contributed by atoms with van der Waals surface area (Å²) < 4.78 is 86.8. The summed E-state index contributed by atoms with van der Waals surface area (Å²) in [6.45, 7) is -0.167. The molecule has 2 aromatic carbocycles. The molecule has 254 valence electrons. The first-order chi connectivity index (χ1) is 22.4. The van der Waals surface area contributed by atoms with E-state index in [1.54, 1.807) is 36.4 Å². The molecule has 2 heterocycles. The maximum atomic E-state index is 13.7. The summed E-state index contributed by atoms with van der Waals surface area (Å²) in [6, 6.07) is 12.1. The van der Waals surface area contributed by atoms with E-state index in [0.29, 0.717) is 41.0 Å². The minimum absolute atomic E-state index is 0.0963. The van der Waals surface area contributed by atoms with Crippen LogP contribution in [0.1, 0.15) is 54.6 Å². The Morgan fingerprint density at radius 2 is 1.68 bits per heavy atom. The van der Waals surface area contributed by atoms with Crippen molar-refractivity contribution in [3.63, 3.8) is 0 Å². The lowest BCUT2D eigenvalue weighted by Crippen LogP contribution is -2.46. The van der Waals surface area contributed by atoms with Gasteiger partial charge in [0.1, 0.15) is 12.3 Å². The SMILES string of the molecule is CNC(=O)c1ccc(NCC#Cc2cc3c(N[C@H]4CC[C@H](N5CCC(C(F)(F)F)CC5)CC4)cccc3n2CC(F)(F)F)c(OC)c1. The number of carbonyl (C=O) groups excluding carboxylic acids is 1. The molecule has 7 nitrogen and oxygen atoms in total. The molecule has 1 aliphatic carbocycles. The van der Waals surface area contributed by atoms with Gasteiger partial charge in [-0.3, -0.25) is 4.79 Å². The normalized spacial score (nSPS) is 19.6. The van der Waals surface area contributed by atoms with Gasteiger partial charge in [-0.2, -0.15) is 26.3 Å². The third kappa shape index (κ3) is 8.46. The molecule has 2 aliphatic rings. The number of nitrogens with zero attached hydrogens (tertiary/aromatic N) is 2. The van der Waals surface area contributed by atoms with Gasteiger partial charge >= 0.3 is 12.4 Å². The lowest BCUT2D eigenvalue weighted by atomic mass is 9.87. The third-order valence-corrected chi connectivity index (χ3v) is 9.12. The van der Waals surface area contributed by atoms with Crippen molar-refractivity contribution in [1.82, 2.24) is 14.8 Å². The van der Waals surface area contributed by atoms with E-state index >= 15 is 0 Å². The van der Waals surface area contributed by atoms with Crippen LogP contribution < -0.4 is 20.7 Å². The van der Waals surface area contributed by atoms with E-state index in [0.717, 1.165) is 31.4 Å². The Labute approximate surface area is 270 Å². The molecule has 0 spiro atoms. The first-order valence-corrected chi connectivity index (χ1v) is 15.8. The molecule has 5 rings (SSSR count). The zero-order valence-electron chi connectivity index (χ0n) is 26.3. The predicted octanol–water partition coefficient (Wildman–Crippen LogP) is 7.03. The highest BCUT2D eigenvalue weighted by Crippen LogP contribution is 2.37. The molecule has 0 atom stereocenters. The molecule has 47 heavy (non-hydrogen) atoms. The minimum Gasteiger partial charge on any atom is -0.495 e. The number of methoxy groups -OCH3 is 1. The molecule has 1 saturated carbocycles. The number of rotatable bonds is 8. The van der Waals surface area contributed by atoms with Crippen molar-refractivity contribution in [3.05, 3.63) is 53.7 Å². The summed E-state index contributed by atoms with van der Waals surface area (Å²) in [4.78, 5) is 14.1. The van der Waals surface area contributed by atoms with Gasteiger partial charge in [0.2, 0.25) is 0 Å². The number of amides is 1. The van der Waals surface area contributed by atoms with Gasteiger partial charge in [-0.15, -0.1) is 0 Å². The van der Waals surface area contributed by atoms with Gasteiger partial charge in [0.15, 0.2) is 0 Å². The van der Waals surface area contributed by atoms with E-state index in [1.165, 1.54) is 18.7 Å². The van der Waals surface area contributed by atoms with Crippen molar-refractivity contribution in [1.29, 1.82) is 0 Å². The Balaban J connectivity index is 1.27. The topological polar surface area (TPSA) is 70.6 Å². The number of hydrogen-bond acceptors (Lipinski definition) is 5. The average molecular weight is 664 g/mol. The molecule has 1 saturated heterocycles. The smallest absolute Gasteiger partial charge is 0.406 e. The van der Waals surface area contributed by atoms with Crippen LogP contribution in [0.5, 0.6) is 5.75 Å². The van der Waals surface area contributed by atoms with E-state index in [1.807, 2.05) is 6.07 Å². The van der Waals surface area contributed by atoms with E-state index in [9.17, 15) is 31.1 Å². The molecular weight excluding hydrogens is 624 g/mol. The van der Waals surface area contributed by atoms with E-state index < -0.39 is 24.8 Å². The number of anilines is 2. The van der Waals surface area contributed by atoms with Crippen molar-refractivity contribution >= 4 is 28.2 Å². The number of fused-ring (bicyclic) bond motifs is 1. The number of alkyl halides is 6. The number of piperidine rings is 1. The molecule has 1 aliphatic heterocycles. The third-order valence-electron chi connectivity index (χ3n) is 9.12. The Morgan fingerprint density at radius 3 is 2.32 bits per heavy atom. The van der Waals surface area contributed by atoms with Gasteiger partial charge in [-0.1, -0.05) is 12.0 Å². The van der Waals surface area contributed by atoms with Crippen LogP contribution in [0.15, 0.2) is 42.5 Å². The molecule has 1 aromatic heterocycles. The van der Waals surface area contributed by atoms with Gasteiger partial charge in [0.05, 0.1) is 36.5 Å². The Kier molecular flexibility index (Phi) is 10.5. The van der Waals surface area contributed by atoms with Crippen LogP contribution in [-0.2, 0) is 6.54 Å². The largest absolute Gasteiger partial charge is 0.495 e. The van der Waals surface area contributed by atoms with E-state index in [4.69, 9.17) is 4.74 Å².